The highest BCUT2D eigenvalue weighted by atomic mass is 32.2. The molecule has 0 amide bonds. The van der Waals surface area contributed by atoms with Crippen LogP contribution in [-0.2, 0) is 10.1 Å². The molecule has 9 heteroatoms. The molecule has 0 saturated carbocycles. The molecule has 36 heavy (non-hydrogen) atoms. The van der Waals surface area contributed by atoms with E-state index in [0.29, 0.717) is 5.56 Å². The number of hydrogen-bond donors (Lipinski definition) is 0. The lowest BCUT2D eigenvalue weighted by Gasteiger charge is -2.08. The molecule has 0 aliphatic carbocycles. The average molecular weight is 507 g/mol. The predicted molar refractivity (Wildman–Crippen MR) is 128 cm³/mol. The molecule has 2 aromatic heterocycles. The van der Waals surface area contributed by atoms with Gasteiger partial charge in [0.1, 0.15) is 0 Å². The monoisotopic (exact) mass is 506 g/mol. The maximum Gasteiger partial charge on any atom is 0.485 e. The van der Waals surface area contributed by atoms with Crippen LogP contribution < -0.4 is 4.40 Å². The van der Waals surface area contributed by atoms with Gasteiger partial charge < -0.3 is 4.55 Å². The maximum atomic E-state index is 10.7. The number of nitriles is 1. The first-order valence-corrected chi connectivity index (χ1v) is 12.0. The van der Waals surface area contributed by atoms with Crippen LogP contribution in [0, 0.1) is 11.3 Å². The number of fused-ring (bicyclic) bond motifs is 3. The standard InChI is InChI=1S/C26H17N2.CHF3O3S/c27-18-19-13-15-21(16-14-19)24-11-6-12-25-23-10-5-4-9-22(23)17-26(28(24)25)20-7-2-1-3-8-20;2-1(3,4)8(5,6)7/h1-17H;(H,5,6,7)/q+1;/p-1. The van der Waals surface area contributed by atoms with E-state index in [0.717, 1.165) is 17.0 Å². The van der Waals surface area contributed by atoms with Gasteiger partial charge in [-0.15, -0.1) is 0 Å². The van der Waals surface area contributed by atoms with Crippen molar-refractivity contribution in [1.29, 1.82) is 5.26 Å². The first kappa shape index (κ1) is 24.9. The molecule has 0 aliphatic heterocycles. The maximum absolute atomic E-state index is 10.7. The number of nitrogens with zero attached hydrogens (tertiary/aromatic N) is 2. The van der Waals surface area contributed by atoms with Gasteiger partial charge in [-0.25, -0.2) is 8.42 Å². The van der Waals surface area contributed by atoms with Gasteiger partial charge in [-0.05, 0) is 53.9 Å². The van der Waals surface area contributed by atoms with Crippen molar-refractivity contribution in [3.05, 3.63) is 109 Å². The lowest BCUT2D eigenvalue weighted by molar-refractivity contribution is -0.485. The molecule has 5 aromatic rings. The van der Waals surface area contributed by atoms with Gasteiger partial charge in [0.25, 0.3) is 0 Å². The number of halogens is 3. The molecule has 2 heterocycles. The van der Waals surface area contributed by atoms with E-state index in [1.54, 1.807) is 0 Å². The van der Waals surface area contributed by atoms with Crippen LogP contribution in [-0.4, -0.2) is 18.5 Å². The topological polar surface area (TPSA) is 85.1 Å². The van der Waals surface area contributed by atoms with Gasteiger partial charge in [0.05, 0.1) is 17.0 Å². The zero-order valence-corrected chi connectivity index (χ0v) is 19.3. The van der Waals surface area contributed by atoms with E-state index >= 15 is 0 Å². The lowest BCUT2D eigenvalue weighted by atomic mass is 10.0. The van der Waals surface area contributed by atoms with Crippen molar-refractivity contribution in [2.24, 2.45) is 0 Å². The predicted octanol–water partition coefficient (Wildman–Crippen LogP) is 5.84. The molecule has 5 rings (SSSR count). The summed E-state index contributed by atoms with van der Waals surface area (Å²) in [5.41, 5.74) is 0.696. The first-order valence-electron chi connectivity index (χ1n) is 10.5. The van der Waals surface area contributed by atoms with E-state index in [2.05, 4.69) is 83.3 Å². The van der Waals surface area contributed by atoms with Crippen LogP contribution in [0.3, 0.4) is 0 Å². The summed E-state index contributed by atoms with van der Waals surface area (Å²) >= 11 is 0. The summed E-state index contributed by atoms with van der Waals surface area (Å²) < 4.78 is 61.2. The fraction of sp³-hybridized carbons (Fsp3) is 0.0370. The highest BCUT2D eigenvalue weighted by Crippen LogP contribution is 2.27. The molecular formula is C27H17F3N2O3S. The molecule has 0 aliphatic rings. The lowest BCUT2D eigenvalue weighted by Crippen LogP contribution is -2.28. The van der Waals surface area contributed by atoms with Gasteiger partial charge in [-0.2, -0.15) is 22.8 Å². The molecule has 5 nitrogen and oxygen atoms in total. The van der Waals surface area contributed by atoms with E-state index in [4.69, 9.17) is 18.2 Å². The normalized spacial score (nSPS) is 11.5. The minimum atomic E-state index is -6.09. The SMILES string of the molecule is N#Cc1ccc(-c2cccc3c4ccccc4cc(-c4ccccc4)[n+]23)cc1.O=S(=O)([O-])C(F)(F)F. The van der Waals surface area contributed by atoms with E-state index in [1.807, 2.05) is 30.3 Å². The molecule has 0 fully saturated rings. The van der Waals surface area contributed by atoms with Crippen LogP contribution in [0.1, 0.15) is 5.56 Å². The summed E-state index contributed by atoms with van der Waals surface area (Å²) in [6.07, 6.45) is 0. The van der Waals surface area contributed by atoms with Crippen molar-refractivity contribution in [1.82, 2.24) is 0 Å². The van der Waals surface area contributed by atoms with Crippen molar-refractivity contribution in [2.75, 3.05) is 0 Å². The van der Waals surface area contributed by atoms with Crippen LogP contribution in [0.15, 0.2) is 103 Å². The van der Waals surface area contributed by atoms with Crippen LogP contribution in [0.4, 0.5) is 13.2 Å². The summed E-state index contributed by atoms with van der Waals surface area (Å²) in [6.45, 7) is 0. The molecule has 3 aromatic carbocycles. The van der Waals surface area contributed by atoms with Crippen molar-refractivity contribution < 1.29 is 30.5 Å². The van der Waals surface area contributed by atoms with Crippen LogP contribution in [0.25, 0.3) is 38.8 Å². The van der Waals surface area contributed by atoms with Crippen molar-refractivity contribution >= 4 is 26.4 Å². The Labute approximate surface area is 205 Å². The van der Waals surface area contributed by atoms with Crippen LogP contribution in [0.2, 0.25) is 0 Å². The fourth-order valence-electron chi connectivity index (χ4n) is 3.81. The van der Waals surface area contributed by atoms with E-state index in [-0.39, 0.29) is 0 Å². The Balaban J connectivity index is 0.000000331. The third-order valence-corrected chi connectivity index (χ3v) is 5.99. The fourth-order valence-corrected chi connectivity index (χ4v) is 3.81. The number of aromatic nitrogens is 1. The summed E-state index contributed by atoms with van der Waals surface area (Å²) in [4.78, 5) is 0. The van der Waals surface area contributed by atoms with Crippen molar-refractivity contribution in [3.8, 4) is 28.6 Å². The average Bonchev–Trinajstić information content (AvgIpc) is 2.87. The first-order chi connectivity index (χ1) is 17.1. The molecule has 0 atom stereocenters. The Morgan fingerprint density at radius 3 is 1.94 bits per heavy atom. The summed E-state index contributed by atoms with van der Waals surface area (Å²) in [5, 5.41) is 11.6. The molecule has 0 radical (unpaired) electrons. The van der Waals surface area contributed by atoms with Crippen molar-refractivity contribution in [3.63, 3.8) is 0 Å². The molecule has 0 unspecified atom stereocenters. The zero-order chi connectivity index (χ0) is 25.9. The van der Waals surface area contributed by atoms with Gasteiger partial charge >= 0.3 is 5.51 Å². The molecule has 0 N–H and O–H groups in total. The third-order valence-electron chi connectivity index (χ3n) is 5.42. The van der Waals surface area contributed by atoms with Gasteiger partial charge in [0.2, 0.25) is 16.9 Å². The minimum Gasteiger partial charge on any atom is -0.741 e. The number of rotatable bonds is 2. The zero-order valence-electron chi connectivity index (χ0n) is 18.5. The van der Waals surface area contributed by atoms with Gasteiger partial charge in [0, 0.05) is 29.3 Å². The quantitative estimate of drug-likeness (QED) is 0.130. The Kier molecular flexibility index (Phi) is 6.75. The third kappa shape index (κ3) is 5.05. The van der Waals surface area contributed by atoms with Gasteiger partial charge in [-0.3, -0.25) is 0 Å². The second-order valence-electron chi connectivity index (χ2n) is 7.70. The van der Waals surface area contributed by atoms with E-state index < -0.39 is 15.6 Å². The van der Waals surface area contributed by atoms with Crippen molar-refractivity contribution in [2.45, 2.75) is 5.51 Å². The molecule has 180 valence electrons. The Hall–Kier alpha value is -4.26. The van der Waals surface area contributed by atoms with Gasteiger partial charge in [0.15, 0.2) is 10.1 Å². The second-order valence-corrected chi connectivity index (χ2v) is 9.07. The largest absolute Gasteiger partial charge is 0.741 e. The number of benzene rings is 3. The van der Waals surface area contributed by atoms with Gasteiger partial charge in [-0.1, -0.05) is 36.4 Å². The minimum absolute atomic E-state index is 0.669. The van der Waals surface area contributed by atoms with Crippen LogP contribution >= 0.6 is 0 Å². The smallest absolute Gasteiger partial charge is 0.485 e. The second kappa shape index (κ2) is 9.77. The molecule has 0 saturated heterocycles. The summed E-state index contributed by atoms with van der Waals surface area (Å²) in [6, 6.07) is 37.6. The van der Waals surface area contributed by atoms with Crippen LogP contribution in [0.5, 0.6) is 0 Å². The Bertz CT molecular complexity index is 1700. The Morgan fingerprint density at radius 2 is 1.33 bits per heavy atom. The molecule has 0 bridgehead atoms. The number of hydrogen-bond acceptors (Lipinski definition) is 4. The summed E-state index contributed by atoms with van der Waals surface area (Å²) in [5.74, 6) is 0. The van der Waals surface area contributed by atoms with E-state index in [9.17, 15) is 13.2 Å². The summed E-state index contributed by atoms with van der Waals surface area (Å²) in [7, 11) is -6.09. The van der Waals surface area contributed by atoms with E-state index in [1.165, 1.54) is 21.9 Å². The molecule has 0 spiro atoms. The molecular weight excluding hydrogens is 489 g/mol. The highest BCUT2D eigenvalue weighted by molar-refractivity contribution is 7.86. The highest BCUT2D eigenvalue weighted by Gasteiger charge is 2.36. The number of alkyl halides is 3. The Morgan fingerprint density at radius 1 is 0.750 bits per heavy atom. The number of pyridine rings is 2.